The molecule has 0 saturated carbocycles. The normalized spacial score (nSPS) is 10.1. The van der Waals surface area contributed by atoms with E-state index in [-0.39, 0.29) is 5.97 Å². The lowest BCUT2D eigenvalue weighted by Gasteiger charge is -2.06. The molecule has 0 bridgehead atoms. The van der Waals surface area contributed by atoms with Crippen LogP contribution in [0.3, 0.4) is 0 Å². The Hall–Kier alpha value is -0.830. The first-order valence-corrected chi connectivity index (χ1v) is 6.15. The van der Waals surface area contributed by atoms with Crippen molar-refractivity contribution in [3.63, 3.8) is 0 Å². The molecule has 0 fully saturated rings. The maximum Gasteiger partial charge on any atom is 0.333 e. The fourth-order valence-corrected chi connectivity index (χ4v) is 1.17. The van der Waals surface area contributed by atoms with Crippen LogP contribution in [-0.2, 0) is 14.3 Å². The molecule has 0 radical (unpaired) electrons. The highest BCUT2D eigenvalue weighted by atomic mass is 16.6. The van der Waals surface area contributed by atoms with Gasteiger partial charge in [0.05, 0.1) is 6.61 Å². The van der Waals surface area contributed by atoms with Gasteiger partial charge in [-0.1, -0.05) is 39.7 Å². The standard InChI is InChI=1S/C13H24O3/c1-4-6-7-8-9-15-10-11-16-13(14)12(3)5-2/h3-11H2,1-2H3. The van der Waals surface area contributed by atoms with Crippen LogP contribution in [0.4, 0.5) is 0 Å². The van der Waals surface area contributed by atoms with Gasteiger partial charge in [0.25, 0.3) is 0 Å². The molecule has 0 saturated heterocycles. The molecule has 3 heteroatoms. The molecule has 0 aromatic carbocycles. The number of esters is 1. The van der Waals surface area contributed by atoms with E-state index in [2.05, 4.69) is 13.5 Å². The largest absolute Gasteiger partial charge is 0.460 e. The highest BCUT2D eigenvalue weighted by Gasteiger charge is 2.04. The maximum atomic E-state index is 11.2. The lowest BCUT2D eigenvalue weighted by molar-refractivity contribution is -0.140. The van der Waals surface area contributed by atoms with Gasteiger partial charge >= 0.3 is 5.97 Å². The van der Waals surface area contributed by atoms with Crippen molar-refractivity contribution in [1.29, 1.82) is 0 Å². The first-order valence-electron chi connectivity index (χ1n) is 6.15. The number of hydrogen-bond acceptors (Lipinski definition) is 3. The second-order valence-electron chi connectivity index (χ2n) is 3.77. The van der Waals surface area contributed by atoms with E-state index in [0.717, 1.165) is 13.0 Å². The van der Waals surface area contributed by atoms with Gasteiger partial charge in [-0.3, -0.25) is 0 Å². The van der Waals surface area contributed by atoms with E-state index in [0.29, 0.717) is 25.2 Å². The molecule has 0 unspecified atom stereocenters. The SMILES string of the molecule is C=C(CC)C(=O)OCCOCCCCCC. The highest BCUT2D eigenvalue weighted by Crippen LogP contribution is 2.00. The predicted molar refractivity (Wildman–Crippen MR) is 65.4 cm³/mol. The second kappa shape index (κ2) is 10.7. The van der Waals surface area contributed by atoms with E-state index in [1.165, 1.54) is 19.3 Å². The molecule has 0 aromatic heterocycles. The minimum absolute atomic E-state index is 0.308. The number of unbranched alkanes of at least 4 members (excludes halogenated alkanes) is 3. The number of rotatable bonds is 10. The maximum absolute atomic E-state index is 11.2. The second-order valence-corrected chi connectivity index (χ2v) is 3.77. The molecule has 0 aliphatic rings. The molecule has 0 amide bonds. The zero-order valence-electron chi connectivity index (χ0n) is 10.6. The van der Waals surface area contributed by atoms with Gasteiger partial charge in [0.1, 0.15) is 6.61 Å². The Labute approximate surface area is 98.8 Å². The van der Waals surface area contributed by atoms with Crippen LogP contribution in [0.25, 0.3) is 0 Å². The van der Waals surface area contributed by atoms with Gasteiger partial charge in [0, 0.05) is 12.2 Å². The van der Waals surface area contributed by atoms with Gasteiger partial charge in [-0.15, -0.1) is 0 Å². The van der Waals surface area contributed by atoms with Crippen LogP contribution >= 0.6 is 0 Å². The molecule has 0 rings (SSSR count). The summed E-state index contributed by atoms with van der Waals surface area (Å²) in [6, 6.07) is 0. The fourth-order valence-electron chi connectivity index (χ4n) is 1.17. The van der Waals surface area contributed by atoms with E-state index < -0.39 is 0 Å². The number of carbonyl (C=O) groups is 1. The van der Waals surface area contributed by atoms with Gasteiger partial charge in [-0.2, -0.15) is 0 Å². The summed E-state index contributed by atoms with van der Waals surface area (Å²) in [5, 5.41) is 0. The summed E-state index contributed by atoms with van der Waals surface area (Å²) in [6.45, 7) is 9.23. The summed E-state index contributed by atoms with van der Waals surface area (Å²) in [7, 11) is 0. The molecule has 0 spiro atoms. The molecule has 3 nitrogen and oxygen atoms in total. The zero-order valence-corrected chi connectivity index (χ0v) is 10.6. The van der Waals surface area contributed by atoms with Crippen LogP contribution in [-0.4, -0.2) is 25.8 Å². The summed E-state index contributed by atoms with van der Waals surface area (Å²) in [5.74, 6) is -0.308. The summed E-state index contributed by atoms with van der Waals surface area (Å²) in [5.41, 5.74) is 0.517. The Balaban J connectivity index is 3.21. The fraction of sp³-hybridized carbons (Fsp3) is 0.769. The topological polar surface area (TPSA) is 35.5 Å². The monoisotopic (exact) mass is 228 g/mol. The summed E-state index contributed by atoms with van der Waals surface area (Å²) < 4.78 is 10.3. The minimum Gasteiger partial charge on any atom is -0.460 e. The Morgan fingerprint density at radius 3 is 2.44 bits per heavy atom. The Bertz CT molecular complexity index is 199. The first-order chi connectivity index (χ1) is 7.72. The molecule has 94 valence electrons. The van der Waals surface area contributed by atoms with Crippen LogP contribution < -0.4 is 0 Å². The van der Waals surface area contributed by atoms with Crippen LogP contribution in [0.5, 0.6) is 0 Å². The molecule has 0 heterocycles. The van der Waals surface area contributed by atoms with E-state index in [4.69, 9.17) is 9.47 Å². The van der Waals surface area contributed by atoms with Crippen molar-refractivity contribution in [1.82, 2.24) is 0 Å². The quantitative estimate of drug-likeness (QED) is 0.327. The molecular weight excluding hydrogens is 204 g/mol. The highest BCUT2D eigenvalue weighted by molar-refractivity contribution is 5.87. The molecule has 0 N–H and O–H groups in total. The van der Waals surface area contributed by atoms with Crippen LogP contribution in [0, 0.1) is 0 Å². The van der Waals surface area contributed by atoms with Crippen molar-refractivity contribution >= 4 is 5.97 Å². The molecular formula is C13H24O3. The van der Waals surface area contributed by atoms with E-state index in [1.54, 1.807) is 0 Å². The number of hydrogen-bond donors (Lipinski definition) is 0. The Morgan fingerprint density at radius 2 is 1.81 bits per heavy atom. The summed E-state index contributed by atoms with van der Waals surface area (Å²) >= 11 is 0. The van der Waals surface area contributed by atoms with Crippen molar-refractivity contribution in [3.05, 3.63) is 12.2 Å². The van der Waals surface area contributed by atoms with Crippen molar-refractivity contribution < 1.29 is 14.3 Å². The van der Waals surface area contributed by atoms with Crippen LogP contribution in [0.2, 0.25) is 0 Å². The molecule has 0 aliphatic carbocycles. The number of carbonyl (C=O) groups excluding carboxylic acids is 1. The van der Waals surface area contributed by atoms with Gasteiger partial charge in [0.2, 0.25) is 0 Å². The number of ether oxygens (including phenoxy) is 2. The van der Waals surface area contributed by atoms with Crippen LogP contribution in [0.1, 0.15) is 46.0 Å². The molecule has 16 heavy (non-hydrogen) atoms. The van der Waals surface area contributed by atoms with Crippen molar-refractivity contribution in [2.75, 3.05) is 19.8 Å². The first kappa shape index (κ1) is 15.2. The average Bonchev–Trinajstić information content (AvgIpc) is 2.31. The zero-order chi connectivity index (χ0) is 12.2. The van der Waals surface area contributed by atoms with Gasteiger partial charge < -0.3 is 9.47 Å². The third kappa shape index (κ3) is 8.48. The minimum atomic E-state index is -0.308. The molecule has 0 aromatic rings. The van der Waals surface area contributed by atoms with E-state index in [1.807, 2.05) is 6.92 Å². The van der Waals surface area contributed by atoms with Crippen molar-refractivity contribution in [2.45, 2.75) is 46.0 Å². The average molecular weight is 228 g/mol. The van der Waals surface area contributed by atoms with Gasteiger partial charge in [-0.05, 0) is 12.8 Å². The van der Waals surface area contributed by atoms with Gasteiger partial charge in [0.15, 0.2) is 0 Å². The van der Waals surface area contributed by atoms with Crippen LogP contribution in [0.15, 0.2) is 12.2 Å². The van der Waals surface area contributed by atoms with Gasteiger partial charge in [-0.25, -0.2) is 4.79 Å². The lowest BCUT2D eigenvalue weighted by atomic mass is 10.2. The Kier molecular flexibility index (Phi) is 10.1. The molecule has 0 aliphatic heterocycles. The Morgan fingerprint density at radius 1 is 1.06 bits per heavy atom. The van der Waals surface area contributed by atoms with Crippen molar-refractivity contribution in [2.24, 2.45) is 0 Å². The van der Waals surface area contributed by atoms with Crippen molar-refractivity contribution in [3.8, 4) is 0 Å². The third-order valence-corrected chi connectivity index (χ3v) is 2.32. The molecule has 0 atom stereocenters. The summed E-state index contributed by atoms with van der Waals surface area (Å²) in [4.78, 5) is 11.2. The van der Waals surface area contributed by atoms with E-state index in [9.17, 15) is 4.79 Å². The lowest BCUT2D eigenvalue weighted by Crippen LogP contribution is -2.12. The third-order valence-electron chi connectivity index (χ3n) is 2.32. The predicted octanol–water partition coefficient (Wildman–Crippen LogP) is 3.09. The smallest absolute Gasteiger partial charge is 0.333 e. The summed E-state index contributed by atoms with van der Waals surface area (Å²) in [6.07, 6.45) is 5.43. The van der Waals surface area contributed by atoms with E-state index >= 15 is 0 Å².